The predicted molar refractivity (Wildman–Crippen MR) is 106 cm³/mol. The van der Waals surface area contributed by atoms with E-state index in [-0.39, 0.29) is 0 Å². The van der Waals surface area contributed by atoms with Gasteiger partial charge in [0.15, 0.2) is 11.6 Å². The van der Waals surface area contributed by atoms with Gasteiger partial charge in [-0.3, -0.25) is 4.98 Å². The van der Waals surface area contributed by atoms with Crippen LogP contribution in [0.5, 0.6) is 0 Å². The Hall–Kier alpha value is -3.62. The van der Waals surface area contributed by atoms with Gasteiger partial charge < -0.3 is 9.80 Å². The van der Waals surface area contributed by atoms with Gasteiger partial charge in [0.25, 0.3) is 0 Å². The van der Waals surface area contributed by atoms with Crippen molar-refractivity contribution in [3.63, 3.8) is 0 Å². The minimum atomic E-state index is 0.712. The van der Waals surface area contributed by atoms with Crippen LogP contribution in [0.1, 0.15) is 5.82 Å². The standard InChI is InChI=1S/C19H19N9/c1-14-22-16-13-20-7-5-15(16)19(23-14)27-11-9-26(10-12-27)17-3-4-18(25-24-17)28-8-2-6-21-28/h2-8,13H,9-12H2,1H3. The Kier molecular flexibility index (Phi) is 4.04. The summed E-state index contributed by atoms with van der Waals surface area (Å²) < 4.78 is 1.70. The molecule has 4 aromatic heterocycles. The first-order valence-electron chi connectivity index (χ1n) is 9.20. The zero-order chi connectivity index (χ0) is 18.9. The molecule has 9 heteroatoms. The molecule has 140 valence electrons. The van der Waals surface area contributed by atoms with Gasteiger partial charge >= 0.3 is 0 Å². The molecule has 0 aliphatic carbocycles. The van der Waals surface area contributed by atoms with Gasteiger partial charge in [0.05, 0.1) is 11.7 Å². The Labute approximate surface area is 161 Å². The number of hydrogen-bond donors (Lipinski definition) is 0. The molecule has 1 aliphatic heterocycles. The third-order valence-corrected chi connectivity index (χ3v) is 4.87. The molecule has 9 nitrogen and oxygen atoms in total. The Balaban J connectivity index is 1.33. The van der Waals surface area contributed by atoms with Gasteiger partial charge in [-0.25, -0.2) is 14.6 Å². The summed E-state index contributed by atoms with van der Waals surface area (Å²) in [6, 6.07) is 7.78. The van der Waals surface area contributed by atoms with Crippen molar-refractivity contribution in [1.29, 1.82) is 0 Å². The van der Waals surface area contributed by atoms with Crippen LogP contribution in [-0.2, 0) is 0 Å². The van der Waals surface area contributed by atoms with Gasteiger partial charge in [-0.1, -0.05) is 0 Å². The highest BCUT2D eigenvalue weighted by atomic mass is 15.4. The van der Waals surface area contributed by atoms with E-state index in [1.54, 1.807) is 23.3 Å². The number of piperazine rings is 1. The third-order valence-electron chi connectivity index (χ3n) is 4.87. The van der Waals surface area contributed by atoms with Gasteiger partial charge in [-0.15, -0.1) is 10.2 Å². The highest BCUT2D eigenvalue weighted by molar-refractivity contribution is 5.88. The van der Waals surface area contributed by atoms with Crippen LogP contribution in [0.4, 0.5) is 11.6 Å². The first-order chi connectivity index (χ1) is 13.8. The lowest BCUT2D eigenvalue weighted by Gasteiger charge is -2.36. The first-order valence-corrected chi connectivity index (χ1v) is 9.20. The summed E-state index contributed by atoms with van der Waals surface area (Å²) in [5.74, 6) is 3.33. The van der Waals surface area contributed by atoms with Gasteiger partial charge in [-0.2, -0.15) is 5.10 Å². The fraction of sp³-hybridized carbons (Fsp3) is 0.263. The molecule has 0 atom stereocenters. The molecular weight excluding hydrogens is 354 g/mol. The fourth-order valence-electron chi connectivity index (χ4n) is 3.48. The quantitative estimate of drug-likeness (QED) is 0.535. The Bertz CT molecular complexity index is 1080. The summed E-state index contributed by atoms with van der Waals surface area (Å²) in [4.78, 5) is 17.9. The minimum Gasteiger partial charge on any atom is -0.352 e. The van der Waals surface area contributed by atoms with Crippen molar-refractivity contribution in [3.05, 3.63) is 54.9 Å². The van der Waals surface area contributed by atoms with Gasteiger partial charge in [0, 0.05) is 50.2 Å². The molecule has 0 aromatic carbocycles. The van der Waals surface area contributed by atoms with Crippen LogP contribution in [0, 0.1) is 6.92 Å². The van der Waals surface area contributed by atoms with E-state index < -0.39 is 0 Å². The minimum absolute atomic E-state index is 0.712. The number of anilines is 2. The smallest absolute Gasteiger partial charge is 0.175 e. The van der Waals surface area contributed by atoms with E-state index in [4.69, 9.17) is 4.98 Å². The number of nitrogens with zero attached hydrogens (tertiary/aromatic N) is 9. The van der Waals surface area contributed by atoms with E-state index in [0.29, 0.717) is 5.82 Å². The molecular formula is C19H19N9. The molecule has 0 spiro atoms. The highest BCUT2D eigenvalue weighted by Crippen LogP contribution is 2.25. The van der Waals surface area contributed by atoms with Gasteiger partial charge in [0.2, 0.25) is 0 Å². The molecule has 0 bridgehead atoms. The van der Waals surface area contributed by atoms with Crippen LogP contribution in [0.3, 0.4) is 0 Å². The first kappa shape index (κ1) is 16.5. The van der Waals surface area contributed by atoms with E-state index in [2.05, 4.69) is 35.1 Å². The van der Waals surface area contributed by atoms with Crippen molar-refractivity contribution in [1.82, 2.24) is 34.9 Å². The summed E-state index contributed by atoms with van der Waals surface area (Å²) >= 11 is 0. The van der Waals surface area contributed by atoms with Gasteiger partial charge in [-0.05, 0) is 31.2 Å². The lowest BCUT2D eigenvalue weighted by Crippen LogP contribution is -2.47. The maximum Gasteiger partial charge on any atom is 0.175 e. The highest BCUT2D eigenvalue weighted by Gasteiger charge is 2.21. The van der Waals surface area contributed by atoms with Crippen LogP contribution < -0.4 is 9.80 Å². The second-order valence-corrected chi connectivity index (χ2v) is 6.66. The summed E-state index contributed by atoms with van der Waals surface area (Å²) in [7, 11) is 0. The largest absolute Gasteiger partial charge is 0.352 e. The van der Waals surface area contributed by atoms with Crippen molar-refractivity contribution in [2.24, 2.45) is 0 Å². The van der Waals surface area contributed by atoms with Crippen LogP contribution in [0.2, 0.25) is 0 Å². The molecule has 28 heavy (non-hydrogen) atoms. The van der Waals surface area contributed by atoms with E-state index in [9.17, 15) is 0 Å². The number of rotatable bonds is 3. The lowest BCUT2D eigenvalue weighted by molar-refractivity contribution is 0.637. The lowest BCUT2D eigenvalue weighted by atomic mass is 10.2. The number of hydrogen-bond acceptors (Lipinski definition) is 8. The molecule has 1 fully saturated rings. The molecule has 0 N–H and O–H groups in total. The zero-order valence-electron chi connectivity index (χ0n) is 15.5. The maximum absolute atomic E-state index is 4.69. The summed E-state index contributed by atoms with van der Waals surface area (Å²) in [5, 5.41) is 13.9. The van der Waals surface area contributed by atoms with Crippen molar-refractivity contribution in [2.45, 2.75) is 6.92 Å². The molecule has 0 unspecified atom stereocenters. The second-order valence-electron chi connectivity index (χ2n) is 6.66. The Morgan fingerprint density at radius 1 is 0.857 bits per heavy atom. The second kappa shape index (κ2) is 6.84. The molecule has 5 heterocycles. The normalized spacial score (nSPS) is 14.6. The number of fused-ring (bicyclic) bond motifs is 1. The zero-order valence-corrected chi connectivity index (χ0v) is 15.5. The van der Waals surface area contributed by atoms with Crippen LogP contribution in [-0.4, -0.2) is 61.1 Å². The van der Waals surface area contributed by atoms with E-state index >= 15 is 0 Å². The Morgan fingerprint density at radius 3 is 2.39 bits per heavy atom. The number of aryl methyl sites for hydroxylation is 1. The van der Waals surface area contributed by atoms with Crippen LogP contribution in [0.25, 0.3) is 16.7 Å². The molecule has 5 rings (SSSR count). The molecule has 1 saturated heterocycles. The monoisotopic (exact) mass is 373 g/mol. The third kappa shape index (κ3) is 3.00. The van der Waals surface area contributed by atoms with Gasteiger partial charge in [0.1, 0.15) is 11.6 Å². The van der Waals surface area contributed by atoms with E-state index in [1.807, 2.05) is 37.4 Å². The molecule has 0 radical (unpaired) electrons. The molecule has 0 saturated carbocycles. The Morgan fingerprint density at radius 2 is 1.64 bits per heavy atom. The topological polar surface area (TPSA) is 88.8 Å². The van der Waals surface area contributed by atoms with Crippen molar-refractivity contribution < 1.29 is 0 Å². The van der Waals surface area contributed by atoms with Crippen LogP contribution in [0.15, 0.2) is 49.1 Å². The van der Waals surface area contributed by atoms with E-state index in [0.717, 1.165) is 54.5 Å². The average Bonchev–Trinajstić information content (AvgIpc) is 3.28. The summed E-state index contributed by atoms with van der Waals surface area (Å²) in [6.07, 6.45) is 7.16. The van der Waals surface area contributed by atoms with Crippen molar-refractivity contribution >= 4 is 22.5 Å². The summed E-state index contributed by atoms with van der Waals surface area (Å²) in [6.45, 7) is 5.34. The summed E-state index contributed by atoms with van der Waals surface area (Å²) in [5.41, 5.74) is 0.882. The fourth-order valence-corrected chi connectivity index (χ4v) is 3.48. The average molecular weight is 373 g/mol. The van der Waals surface area contributed by atoms with Crippen molar-refractivity contribution in [2.75, 3.05) is 36.0 Å². The van der Waals surface area contributed by atoms with E-state index in [1.165, 1.54) is 0 Å². The molecule has 4 aromatic rings. The van der Waals surface area contributed by atoms with Crippen LogP contribution >= 0.6 is 0 Å². The maximum atomic E-state index is 4.69. The SMILES string of the molecule is Cc1nc(N2CCN(c3ccc(-n4cccn4)nn3)CC2)c2ccncc2n1. The number of pyridine rings is 1. The molecule has 0 amide bonds. The number of aromatic nitrogens is 7. The molecule has 1 aliphatic rings. The predicted octanol–water partition coefficient (Wildman–Crippen LogP) is 1.64. The van der Waals surface area contributed by atoms with Crippen molar-refractivity contribution in [3.8, 4) is 5.82 Å².